The molecule has 0 unspecified atom stereocenters. The average Bonchev–Trinajstić information content (AvgIpc) is 2.87. The summed E-state index contributed by atoms with van der Waals surface area (Å²) in [5.41, 5.74) is 2.03. The molecular weight excluding hydrogens is 312 g/mol. The highest BCUT2D eigenvalue weighted by molar-refractivity contribution is 6.33. The van der Waals surface area contributed by atoms with E-state index in [1.54, 1.807) is 10.9 Å². The normalized spacial score (nSPS) is 21.5. The largest absolute Gasteiger partial charge is 0.335 e. The molecule has 1 saturated heterocycles. The number of piperazine rings is 1. The third-order valence-electron chi connectivity index (χ3n) is 4.03. The van der Waals surface area contributed by atoms with Crippen molar-refractivity contribution in [2.24, 2.45) is 7.05 Å². The predicted octanol–water partition coefficient (Wildman–Crippen LogP) is 2.56. The molecular formula is C17H21ClN4O. The smallest absolute Gasteiger partial charge is 0.257 e. The fourth-order valence-corrected chi connectivity index (χ4v) is 3.39. The van der Waals surface area contributed by atoms with Crippen molar-refractivity contribution in [3.05, 3.63) is 41.0 Å². The Balaban J connectivity index is 1.97. The Hall–Kier alpha value is -1.85. The molecule has 1 N–H and O–H groups in total. The summed E-state index contributed by atoms with van der Waals surface area (Å²) in [6.07, 6.45) is 1.78. The van der Waals surface area contributed by atoms with Gasteiger partial charge in [0.05, 0.1) is 10.6 Å². The van der Waals surface area contributed by atoms with Crippen LogP contribution in [0.3, 0.4) is 0 Å². The van der Waals surface area contributed by atoms with Crippen LogP contribution in [0, 0.1) is 0 Å². The molecule has 0 aliphatic carbocycles. The van der Waals surface area contributed by atoms with Crippen LogP contribution in [0.4, 0.5) is 0 Å². The number of benzene rings is 1. The predicted molar refractivity (Wildman–Crippen MR) is 91.6 cm³/mol. The summed E-state index contributed by atoms with van der Waals surface area (Å²) in [7, 11) is 1.82. The molecule has 2 atom stereocenters. The molecule has 122 valence electrons. The van der Waals surface area contributed by atoms with Crippen LogP contribution in [0.5, 0.6) is 0 Å². The van der Waals surface area contributed by atoms with E-state index in [0.717, 1.165) is 5.56 Å². The maximum atomic E-state index is 13.0. The first-order chi connectivity index (χ1) is 11.0. The van der Waals surface area contributed by atoms with Gasteiger partial charge in [-0.15, -0.1) is 0 Å². The molecule has 23 heavy (non-hydrogen) atoms. The zero-order chi connectivity index (χ0) is 16.6. The van der Waals surface area contributed by atoms with Crippen molar-refractivity contribution in [3.63, 3.8) is 0 Å². The zero-order valence-electron chi connectivity index (χ0n) is 13.6. The van der Waals surface area contributed by atoms with Crippen LogP contribution in [0.1, 0.15) is 24.2 Å². The first-order valence-corrected chi connectivity index (χ1v) is 8.17. The molecule has 1 aliphatic heterocycles. The quantitative estimate of drug-likeness (QED) is 0.919. The van der Waals surface area contributed by atoms with Gasteiger partial charge < -0.3 is 10.2 Å². The van der Waals surface area contributed by atoms with Crippen LogP contribution >= 0.6 is 11.6 Å². The Morgan fingerprint density at radius 1 is 1.26 bits per heavy atom. The molecule has 1 aromatic carbocycles. The Morgan fingerprint density at radius 2 is 1.91 bits per heavy atom. The van der Waals surface area contributed by atoms with Gasteiger partial charge in [0.15, 0.2) is 0 Å². The van der Waals surface area contributed by atoms with Gasteiger partial charge in [-0.25, -0.2) is 0 Å². The Bertz CT molecular complexity index is 717. The lowest BCUT2D eigenvalue weighted by molar-refractivity contribution is 0.0674. The van der Waals surface area contributed by atoms with Gasteiger partial charge in [0.1, 0.15) is 5.69 Å². The standard InChI is InChI=1S/C17H21ClN4O/c1-11-8-22(9-12(2)19-11)17(23)14-10-21(3)20-16(14)13-6-4-5-7-15(13)18/h4-7,10-12,19H,8-9H2,1-3H3/t11-,12+. The van der Waals surface area contributed by atoms with Gasteiger partial charge in [-0.1, -0.05) is 29.8 Å². The zero-order valence-corrected chi connectivity index (χ0v) is 14.3. The van der Waals surface area contributed by atoms with E-state index in [1.807, 2.05) is 36.2 Å². The average molecular weight is 333 g/mol. The summed E-state index contributed by atoms with van der Waals surface area (Å²) >= 11 is 6.29. The maximum Gasteiger partial charge on any atom is 0.257 e. The highest BCUT2D eigenvalue weighted by Crippen LogP contribution is 2.29. The highest BCUT2D eigenvalue weighted by atomic mass is 35.5. The topological polar surface area (TPSA) is 50.2 Å². The van der Waals surface area contributed by atoms with Gasteiger partial charge >= 0.3 is 0 Å². The van der Waals surface area contributed by atoms with E-state index >= 15 is 0 Å². The summed E-state index contributed by atoms with van der Waals surface area (Å²) < 4.78 is 1.67. The number of rotatable bonds is 2. The fourth-order valence-electron chi connectivity index (χ4n) is 3.16. The van der Waals surface area contributed by atoms with Gasteiger partial charge in [0.2, 0.25) is 0 Å². The Morgan fingerprint density at radius 3 is 2.57 bits per heavy atom. The van der Waals surface area contributed by atoms with Crippen molar-refractivity contribution < 1.29 is 4.79 Å². The number of carbonyl (C=O) groups excluding carboxylic acids is 1. The lowest BCUT2D eigenvalue weighted by atomic mass is 10.1. The molecule has 1 amide bonds. The molecule has 0 saturated carbocycles. The van der Waals surface area contributed by atoms with Crippen molar-refractivity contribution >= 4 is 17.5 Å². The van der Waals surface area contributed by atoms with Crippen LogP contribution in [0.2, 0.25) is 5.02 Å². The van der Waals surface area contributed by atoms with Crippen LogP contribution in [0.15, 0.2) is 30.5 Å². The second kappa shape index (κ2) is 6.34. The minimum Gasteiger partial charge on any atom is -0.335 e. The molecule has 0 radical (unpaired) electrons. The second-order valence-corrected chi connectivity index (χ2v) is 6.63. The summed E-state index contributed by atoms with van der Waals surface area (Å²) in [6.45, 7) is 5.57. The molecule has 1 aliphatic rings. The monoisotopic (exact) mass is 332 g/mol. The number of hydrogen-bond acceptors (Lipinski definition) is 3. The van der Waals surface area contributed by atoms with E-state index in [9.17, 15) is 4.79 Å². The van der Waals surface area contributed by atoms with Crippen LogP contribution in [-0.4, -0.2) is 45.8 Å². The van der Waals surface area contributed by atoms with Gasteiger partial charge in [-0.3, -0.25) is 9.48 Å². The number of amides is 1. The number of aryl methyl sites for hydroxylation is 1. The van der Waals surface area contributed by atoms with Crippen molar-refractivity contribution in [2.45, 2.75) is 25.9 Å². The molecule has 0 bridgehead atoms. The van der Waals surface area contributed by atoms with Gasteiger partial charge in [-0.2, -0.15) is 5.10 Å². The van der Waals surface area contributed by atoms with Crippen molar-refractivity contribution in [2.75, 3.05) is 13.1 Å². The van der Waals surface area contributed by atoms with E-state index in [2.05, 4.69) is 24.3 Å². The van der Waals surface area contributed by atoms with Crippen molar-refractivity contribution in [1.29, 1.82) is 0 Å². The van der Waals surface area contributed by atoms with Gasteiger partial charge in [0.25, 0.3) is 5.91 Å². The first-order valence-electron chi connectivity index (χ1n) is 7.79. The molecule has 2 heterocycles. The Labute approximate surface area is 141 Å². The summed E-state index contributed by atoms with van der Waals surface area (Å²) in [4.78, 5) is 14.9. The molecule has 2 aromatic rings. The minimum absolute atomic E-state index is 0.00761. The summed E-state index contributed by atoms with van der Waals surface area (Å²) in [5.74, 6) is 0.00761. The SMILES string of the molecule is C[C@@H]1CN(C(=O)c2cn(C)nc2-c2ccccc2Cl)C[C@H](C)N1. The Kier molecular flexibility index (Phi) is 4.41. The number of carbonyl (C=O) groups is 1. The van der Waals surface area contributed by atoms with E-state index in [-0.39, 0.29) is 18.0 Å². The summed E-state index contributed by atoms with van der Waals surface area (Å²) in [6, 6.07) is 8.04. The molecule has 6 heteroatoms. The van der Waals surface area contributed by atoms with Gasteiger partial charge in [-0.05, 0) is 19.9 Å². The van der Waals surface area contributed by atoms with Gasteiger partial charge in [0, 0.05) is 44.0 Å². The molecule has 1 fully saturated rings. The van der Waals surface area contributed by atoms with Crippen LogP contribution in [-0.2, 0) is 7.05 Å². The van der Waals surface area contributed by atoms with E-state index < -0.39 is 0 Å². The van der Waals surface area contributed by atoms with E-state index in [4.69, 9.17) is 11.6 Å². The third-order valence-corrected chi connectivity index (χ3v) is 4.36. The molecule has 3 rings (SSSR count). The lowest BCUT2D eigenvalue weighted by Crippen LogP contribution is -2.55. The number of nitrogens with zero attached hydrogens (tertiary/aromatic N) is 3. The lowest BCUT2D eigenvalue weighted by Gasteiger charge is -2.36. The molecule has 0 spiro atoms. The number of aromatic nitrogens is 2. The number of hydrogen-bond donors (Lipinski definition) is 1. The van der Waals surface area contributed by atoms with E-state index in [0.29, 0.717) is 29.4 Å². The van der Waals surface area contributed by atoms with E-state index in [1.165, 1.54) is 0 Å². The third kappa shape index (κ3) is 3.26. The number of nitrogens with one attached hydrogen (secondary N) is 1. The number of halogens is 1. The van der Waals surface area contributed by atoms with Crippen LogP contribution in [0.25, 0.3) is 11.3 Å². The van der Waals surface area contributed by atoms with Crippen molar-refractivity contribution in [1.82, 2.24) is 20.0 Å². The van der Waals surface area contributed by atoms with Crippen molar-refractivity contribution in [3.8, 4) is 11.3 Å². The fraction of sp³-hybridized carbons (Fsp3) is 0.412. The van der Waals surface area contributed by atoms with Crippen LogP contribution < -0.4 is 5.32 Å². The molecule has 5 nitrogen and oxygen atoms in total. The summed E-state index contributed by atoms with van der Waals surface area (Å²) in [5, 5.41) is 8.50. The highest BCUT2D eigenvalue weighted by Gasteiger charge is 2.28. The maximum absolute atomic E-state index is 13.0. The second-order valence-electron chi connectivity index (χ2n) is 6.22. The minimum atomic E-state index is 0.00761. The molecule has 1 aromatic heterocycles. The first kappa shape index (κ1) is 16.0.